The van der Waals surface area contributed by atoms with Gasteiger partial charge in [-0.05, 0) is 36.2 Å². The van der Waals surface area contributed by atoms with Gasteiger partial charge in [0, 0.05) is 13.2 Å². The van der Waals surface area contributed by atoms with Gasteiger partial charge in [0.15, 0.2) is 0 Å². The molecule has 1 aromatic heterocycles. The second-order valence-electron chi connectivity index (χ2n) is 3.96. The van der Waals surface area contributed by atoms with Crippen molar-refractivity contribution in [2.45, 2.75) is 31.3 Å². The van der Waals surface area contributed by atoms with Crippen LogP contribution in [0.2, 0.25) is 8.67 Å². The zero-order valence-corrected chi connectivity index (χ0v) is 15.1. The topological polar surface area (TPSA) is 55.4 Å². The summed E-state index contributed by atoms with van der Waals surface area (Å²) in [7, 11) is -3.66. The molecule has 1 heterocycles. The van der Waals surface area contributed by atoms with Crippen LogP contribution in [0.1, 0.15) is 20.3 Å². The fourth-order valence-electron chi connectivity index (χ4n) is 1.24. The number of hydrogen-bond acceptors (Lipinski definition) is 4. The van der Waals surface area contributed by atoms with Gasteiger partial charge in [-0.3, -0.25) is 0 Å². The molecular weight excluding hydrogens is 397 g/mol. The molecule has 19 heavy (non-hydrogen) atoms. The lowest BCUT2D eigenvalue weighted by Crippen LogP contribution is -2.26. The first-order valence-electron chi connectivity index (χ1n) is 5.50. The molecule has 0 saturated carbocycles. The van der Waals surface area contributed by atoms with Crippen LogP contribution in [-0.4, -0.2) is 27.7 Å². The Kier molecular flexibility index (Phi) is 7.06. The Morgan fingerprint density at radius 3 is 2.47 bits per heavy atom. The van der Waals surface area contributed by atoms with E-state index in [9.17, 15) is 8.42 Å². The molecule has 0 aromatic carbocycles. The zero-order chi connectivity index (χ0) is 14.6. The van der Waals surface area contributed by atoms with E-state index in [0.717, 1.165) is 11.3 Å². The van der Waals surface area contributed by atoms with E-state index in [1.54, 1.807) is 0 Å². The summed E-state index contributed by atoms with van der Waals surface area (Å²) in [4.78, 5) is -0.00561. The first-order valence-corrected chi connectivity index (χ1v) is 9.35. The molecule has 1 N–H and O–H groups in total. The van der Waals surface area contributed by atoms with Crippen LogP contribution in [0.5, 0.6) is 0 Å². The molecule has 0 aliphatic rings. The van der Waals surface area contributed by atoms with Crippen molar-refractivity contribution in [3.63, 3.8) is 0 Å². The normalized spacial score (nSPS) is 12.3. The minimum absolute atomic E-state index is 0.00561. The lowest BCUT2D eigenvalue weighted by molar-refractivity contribution is 0.0778. The summed E-state index contributed by atoms with van der Waals surface area (Å²) in [6.07, 6.45) is 0.723. The Morgan fingerprint density at radius 2 is 2.00 bits per heavy atom. The molecule has 1 aromatic rings. The molecule has 0 saturated heterocycles. The predicted molar refractivity (Wildman–Crippen MR) is 82.9 cm³/mol. The van der Waals surface area contributed by atoms with E-state index in [2.05, 4.69) is 20.7 Å². The van der Waals surface area contributed by atoms with Crippen molar-refractivity contribution in [1.82, 2.24) is 4.72 Å². The largest absolute Gasteiger partial charge is 0.379 e. The second kappa shape index (κ2) is 7.59. The average Bonchev–Trinajstić information content (AvgIpc) is 2.52. The van der Waals surface area contributed by atoms with Gasteiger partial charge in [0.1, 0.15) is 13.6 Å². The number of halogens is 3. The summed E-state index contributed by atoms with van der Waals surface area (Å²) in [5.74, 6) is 0. The van der Waals surface area contributed by atoms with E-state index < -0.39 is 10.0 Å². The smallest absolute Gasteiger partial charge is 0.244 e. The van der Waals surface area contributed by atoms with Crippen LogP contribution in [0, 0.1) is 0 Å². The number of sulfonamides is 1. The molecule has 0 radical (unpaired) electrons. The predicted octanol–water partition coefficient (Wildman–Crippen LogP) is 3.91. The molecule has 0 bridgehead atoms. The maximum absolute atomic E-state index is 12.1. The number of thiophene rings is 1. The van der Waals surface area contributed by atoms with Crippen LogP contribution in [0.15, 0.2) is 9.37 Å². The van der Waals surface area contributed by atoms with Crippen molar-refractivity contribution < 1.29 is 13.2 Å². The minimum Gasteiger partial charge on any atom is -0.379 e. The summed E-state index contributed by atoms with van der Waals surface area (Å²) < 4.78 is 32.7. The van der Waals surface area contributed by atoms with Gasteiger partial charge in [-0.1, -0.05) is 23.2 Å². The number of rotatable bonds is 7. The molecule has 9 heteroatoms. The molecule has 0 unspecified atom stereocenters. The van der Waals surface area contributed by atoms with Crippen molar-refractivity contribution in [3.8, 4) is 0 Å². The van der Waals surface area contributed by atoms with Crippen LogP contribution in [-0.2, 0) is 14.8 Å². The molecule has 0 fully saturated rings. The van der Waals surface area contributed by atoms with Crippen molar-refractivity contribution >= 4 is 60.5 Å². The van der Waals surface area contributed by atoms with Gasteiger partial charge in [0.25, 0.3) is 0 Å². The molecule has 0 spiro atoms. The SMILES string of the molecule is CC(C)OCCCNS(=O)(=O)c1c(Cl)sc(Cl)c1Br. The van der Waals surface area contributed by atoms with E-state index >= 15 is 0 Å². The third-order valence-corrected chi connectivity index (χ3v) is 6.99. The summed E-state index contributed by atoms with van der Waals surface area (Å²) in [6, 6.07) is 0. The van der Waals surface area contributed by atoms with E-state index in [-0.39, 0.29) is 21.9 Å². The Labute approximate surface area is 135 Å². The number of ether oxygens (including phenoxy) is 1. The first-order chi connectivity index (χ1) is 8.75. The Bertz CT molecular complexity index is 531. The molecule has 4 nitrogen and oxygen atoms in total. The van der Waals surface area contributed by atoms with Crippen molar-refractivity contribution in [3.05, 3.63) is 13.1 Å². The molecular formula is C10H14BrCl2NO3S2. The molecule has 1 rings (SSSR count). The minimum atomic E-state index is -3.66. The highest BCUT2D eigenvalue weighted by molar-refractivity contribution is 9.10. The van der Waals surface area contributed by atoms with Gasteiger partial charge in [-0.2, -0.15) is 0 Å². The van der Waals surface area contributed by atoms with Crippen molar-refractivity contribution in [2.24, 2.45) is 0 Å². The molecule has 110 valence electrons. The van der Waals surface area contributed by atoms with Crippen molar-refractivity contribution in [2.75, 3.05) is 13.2 Å². The average molecular weight is 411 g/mol. The van der Waals surface area contributed by atoms with Crippen molar-refractivity contribution in [1.29, 1.82) is 0 Å². The highest BCUT2D eigenvalue weighted by Crippen LogP contribution is 2.42. The highest BCUT2D eigenvalue weighted by atomic mass is 79.9. The van der Waals surface area contributed by atoms with Crippen LogP contribution >= 0.6 is 50.5 Å². The molecule has 0 atom stereocenters. The Morgan fingerprint density at radius 1 is 1.37 bits per heavy atom. The van der Waals surface area contributed by atoms with Gasteiger partial charge >= 0.3 is 0 Å². The fraction of sp³-hybridized carbons (Fsp3) is 0.600. The van der Waals surface area contributed by atoms with Crippen LogP contribution < -0.4 is 4.72 Å². The van der Waals surface area contributed by atoms with Gasteiger partial charge < -0.3 is 4.74 Å². The van der Waals surface area contributed by atoms with Crippen LogP contribution in [0.3, 0.4) is 0 Å². The summed E-state index contributed by atoms with van der Waals surface area (Å²) in [6.45, 7) is 4.63. The lowest BCUT2D eigenvalue weighted by Gasteiger charge is -2.09. The maximum atomic E-state index is 12.1. The van der Waals surface area contributed by atoms with E-state index in [1.807, 2.05) is 13.8 Å². The quantitative estimate of drug-likeness (QED) is 0.693. The standard InChI is InChI=1S/C10H14BrCl2NO3S2/c1-6(2)17-5-3-4-14-19(15,16)8-7(11)9(12)18-10(8)13/h6,14H,3-5H2,1-2H3. The summed E-state index contributed by atoms with van der Waals surface area (Å²) >= 11 is 15.9. The number of nitrogens with one attached hydrogen (secondary N) is 1. The summed E-state index contributed by atoms with van der Waals surface area (Å²) in [5, 5.41) is 0. The Balaban J connectivity index is 2.62. The van der Waals surface area contributed by atoms with Crippen LogP contribution in [0.25, 0.3) is 0 Å². The number of hydrogen-bond donors (Lipinski definition) is 1. The van der Waals surface area contributed by atoms with Gasteiger partial charge in [0.05, 0.1) is 10.6 Å². The molecule has 0 aliphatic carbocycles. The summed E-state index contributed by atoms with van der Waals surface area (Å²) in [5.41, 5.74) is 0. The Hall–Kier alpha value is 0.630. The zero-order valence-electron chi connectivity index (χ0n) is 10.4. The third kappa shape index (κ3) is 5.15. The molecule has 0 amide bonds. The highest BCUT2D eigenvalue weighted by Gasteiger charge is 2.25. The third-order valence-electron chi connectivity index (χ3n) is 2.06. The van der Waals surface area contributed by atoms with Gasteiger partial charge in [-0.15, -0.1) is 11.3 Å². The second-order valence-corrected chi connectivity index (χ2v) is 8.69. The fourth-order valence-corrected chi connectivity index (χ4v) is 5.86. The maximum Gasteiger partial charge on any atom is 0.244 e. The van der Waals surface area contributed by atoms with Gasteiger partial charge in [0.2, 0.25) is 10.0 Å². The lowest BCUT2D eigenvalue weighted by atomic mass is 10.4. The first kappa shape index (κ1) is 17.7. The molecule has 0 aliphatic heterocycles. The van der Waals surface area contributed by atoms with Crippen LogP contribution in [0.4, 0.5) is 0 Å². The van der Waals surface area contributed by atoms with E-state index in [4.69, 9.17) is 27.9 Å². The monoisotopic (exact) mass is 409 g/mol. The van der Waals surface area contributed by atoms with E-state index in [1.165, 1.54) is 0 Å². The van der Waals surface area contributed by atoms with Gasteiger partial charge in [-0.25, -0.2) is 13.1 Å². The van der Waals surface area contributed by atoms with E-state index in [0.29, 0.717) is 21.8 Å².